The summed E-state index contributed by atoms with van der Waals surface area (Å²) < 4.78 is 6.23. The molecule has 2 aliphatic rings. The number of nitrogens with two attached hydrogens (primary N) is 1. The van der Waals surface area contributed by atoms with Gasteiger partial charge in [0.2, 0.25) is 0 Å². The molecular formula is C25H33NO2. The van der Waals surface area contributed by atoms with Crippen LogP contribution in [-0.4, -0.2) is 23.4 Å². The molecule has 0 aromatic heterocycles. The molecule has 1 unspecified atom stereocenters. The first kappa shape index (κ1) is 19.6. The molecule has 4 rings (SSSR count). The lowest BCUT2D eigenvalue weighted by Gasteiger charge is -2.26. The van der Waals surface area contributed by atoms with E-state index in [-0.39, 0.29) is 12.1 Å². The number of hydrogen-bond acceptors (Lipinski definition) is 3. The second-order valence-corrected chi connectivity index (χ2v) is 8.83. The lowest BCUT2D eigenvalue weighted by Crippen LogP contribution is -2.40. The number of fused-ring (bicyclic) bond motifs is 1. The highest BCUT2D eigenvalue weighted by molar-refractivity contribution is 5.37. The van der Waals surface area contributed by atoms with Crippen LogP contribution >= 0.6 is 0 Å². The Kier molecular flexibility index (Phi) is 5.86. The summed E-state index contributed by atoms with van der Waals surface area (Å²) in [6, 6.07) is 15.7. The predicted molar refractivity (Wildman–Crippen MR) is 113 cm³/mol. The molecule has 3 atom stereocenters. The van der Waals surface area contributed by atoms with Gasteiger partial charge in [-0.05, 0) is 78.7 Å². The Morgan fingerprint density at radius 2 is 1.86 bits per heavy atom. The highest BCUT2D eigenvalue weighted by atomic mass is 16.5. The highest BCUT2D eigenvalue weighted by Crippen LogP contribution is 2.40. The van der Waals surface area contributed by atoms with Gasteiger partial charge in [-0.2, -0.15) is 0 Å². The molecule has 28 heavy (non-hydrogen) atoms. The van der Waals surface area contributed by atoms with Crippen molar-refractivity contribution in [1.29, 1.82) is 0 Å². The molecule has 2 aromatic rings. The molecule has 1 fully saturated rings. The first-order valence-electron chi connectivity index (χ1n) is 10.8. The minimum Gasteiger partial charge on any atom is -0.394 e. The summed E-state index contributed by atoms with van der Waals surface area (Å²) in [5.41, 5.74) is 12.8. The monoisotopic (exact) mass is 379 g/mol. The van der Waals surface area contributed by atoms with E-state index in [1.165, 1.54) is 27.8 Å². The zero-order valence-corrected chi connectivity index (χ0v) is 17.0. The zero-order valence-electron chi connectivity index (χ0n) is 17.0. The van der Waals surface area contributed by atoms with Crippen LogP contribution in [0.2, 0.25) is 0 Å². The lowest BCUT2D eigenvalue weighted by atomic mass is 9.85. The number of hydrogen-bond donors (Lipinski definition) is 2. The molecule has 0 radical (unpaired) electrons. The van der Waals surface area contributed by atoms with Crippen LogP contribution in [0.15, 0.2) is 42.5 Å². The minimum atomic E-state index is -0.380. The lowest BCUT2D eigenvalue weighted by molar-refractivity contribution is 0.0319. The number of benzene rings is 2. The van der Waals surface area contributed by atoms with Crippen LogP contribution in [-0.2, 0) is 30.6 Å². The van der Waals surface area contributed by atoms with E-state index in [1.54, 1.807) is 0 Å². The molecule has 2 aromatic carbocycles. The minimum absolute atomic E-state index is 0.0919. The molecule has 3 N–H and O–H groups in total. The fraction of sp³-hybridized carbons (Fsp3) is 0.520. The van der Waals surface area contributed by atoms with Gasteiger partial charge in [-0.15, -0.1) is 0 Å². The van der Waals surface area contributed by atoms with Crippen LogP contribution in [0.25, 0.3) is 0 Å². The molecule has 3 heteroatoms. The summed E-state index contributed by atoms with van der Waals surface area (Å²) in [5, 5.41) is 9.53. The Hall–Kier alpha value is -1.68. The Morgan fingerprint density at radius 1 is 1.07 bits per heavy atom. The van der Waals surface area contributed by atoms with Crippen molar-refractivity contribution < 1.29 is 9.84 Å². The van der Waals surface area contributed by atoms with E-state index in [4.69, 9.17) is 10.5 Å². The van der Waals surface area contributed by atoms with Gasteiger partial charge in [-0.1, -0.05) is 49.4 Å². The standard InChI is InChI=1S/C25H33NO2/c1-2-18-3-5-19(6-4-18)16-28-24-10-9-20-13-21(7-8-22(20)14-24)23-11-12-25(26,15-23)17-27/h3-8,13,23-24,27H,2,9-12,14-17,26H2,1H3/t23-,24?,25+/m0/s1. The first-order chi connectivity index (χ1) is 13.6. The Morgan fingerprint density at radius 3 is 2.57 bits per heavy atom. The van der Waals surface area contributed by atoms with Crippen molar-refractivity contribution in [3.8, 4) is 0 Å². The van der Waals surface area contributed by atoms with Gasteiger partial charge in [0, 0.05) is 5.54 Å². The third kappa shape index (κ3) is 4.32. The Bertz CT molecular complexity index is 801. The summed E-state index contributed by atoms with van der Waals surface area (Å²) in [6.45, 7) is 2.97. The van der Waals surface area contributed by atoms with Crippen molar-refractivity contribution in [1.82, 2.24) is 0 Å². The van der Waals surface area contributed by atoms with Crippen LogP contribution in [0.5, 0.6) is 0 Å². The fourth-order valence-electron chi connectivity index (χ4n) is 4.81. The summed E-state index contributed by atoms with van der Waals surface area (Å²) in [5.74, 6) is 0.488. The number of rotatable bonds is 6. The van der Waals surface area contributed by atoms with Gasteiger partial charge >= 0.3 is 0 Å². The quantitative estimate of drug-likeness (QED) is 0.788. The van der Waals surface area contributed by atoms with Crippen molar-refractivity contribution in [3.05, 3.63) is 70.3 Å². The molecule has 0 saturated heterocycles. The molecule has 3 nitrogen and oxygen atoms in total. The Balaban J connectivity index is 1.35. The van der Waals surface area contributed by atoms with Crippen LogP contribution in [0.4, 0.5) is 0 Å². The normalized spacial score (nSPS) is 27.0. The maximum Gasteiger partial charge on any atom is 0.0720 e. The molecular weight excluding hydrogens is 346 g/mol. The van der Waals surface area contributed by atoms with Crippen molar-refractivity contribution in [2.75, 3.05) is 6.61 Å². The topological polar surface area (TPSA) is 55.5 Å². The van der Waals surface area contributed by atoms with Crippen molar-refractivity contribution in [3.63, 3.8) is 0 Å². The third-order valence-electron chi connectivity index (χ3n) is 6.76. The zero-order chi connectivity index (χ0) is 19.6. The summed E-state index contributed by atoms with van der Waals surface area (Å²) in [6.07, 6.45) is 7.46. The average molecular weight is 380 g/mol. The van der Waals surface area contributed by atoms with Crippen molar-refractivity contribution >= 4 is 0 Å². The maximum atomic E-state index is 9.53. The second-order valence-electron chi connectivity index (χ2n) is 8.83. The molecule has 0 aliphatic heterocycles. The van der Waals surface area contributed by atoms with E-state index in [0.717, 1.165) is 44.9 Å². The molecule has 0 heterocycles. The second kappa shape index (κ2) is 8.36. The van der Waals surface area contributed by atoms with E-state index < -0.39 is 0 Å². The van der Waals surface area contributed by atoms with E-state index in [0.29, 0.717) is 18.6 Å². The van der Waals surface area contributed by atoms with Gasteiger partial charge in [0.1, 0.15) is 0 Å². The molecule has 0 bridgehead atoms. The average Bonchev–Trinajstić information content (AvgIpc) is 3.15. The predicted octanol–water partition coefficient (Wildman–Crippen LogP) is 4.28. The van der Waals surface area contributed by atoms with E-state index in [2.05, 4.69) is 49.4 Å². The molecule has 0 amide bonds. The van der Waals surface area contributed by atoms with Crippen LogP contribution in [0.3, 0.4) is 0 Å². The molecule has 0 spiro atoms. The Labute approximate surface area is 168 Å². The number of ether oxygens (including phenoxy) is 1. The van der Waals surface area contributed by atoms with Crippen LogP contribution in [0, 0.1) is 0 Å². The summed E-state index contributed by atoms with van der Waals surface area (Å²) in [7, 11) is 0. The third-order valence-corrected chi connectivity index (χ3v) is 6.76. The maximum absolute atomic E-state index is 9.53. The van der Waals surface area contributed by atoms with Gasteiger partial charge in [-0.3, -0.25) is 0 Å². The summed E-state index contributed by atoms with van der Waals surface area (Å²) in [4.78, 5) is 0. The fourth-order valence-corrected chi connectivity index (χ4v) is 4.81. The van der Waals surface area contributed by atoms with E-state index in [1.807, 2.05) is 0 Å². The summed E-state index contributed by atoms with van der Waals surface area (Å²) >= 11 is 0. The molecule has 2 aliphatic carbocycles. The van der Waals surface area contributed by atoms with Crippen molar-refractivity contribution in [2.45, 2.75) is 76.0 Å². The van der Waals surface area contributed by atoms with Crippen LogP contribution in [0.1, 0.15) is 66.3 Å². The number of aryl methyl sites for hydroxylation is 2. The molecule has 1 saturated carbocycles. The smallest absolute Gasteiger partial charge is 0.0720 e. The molecule has 150 valence electrons. The van der Waals surface area contributed by atoms with Gasteiger partial charge in [-0.25, -0.2) is 0 Å². The van der Waals surface area contributed by atoms with Gasteiger partial charge < -0.3 is 15.6 Å². The SMILES string of the molecule is CCc1ccc(COC2CCc3cc([C@H]4CC[C@](N)(CO)C4)ccc3C2)cc1. The van der Waals surface area contributed by atoms with Crippen molar-refractivity contribution in [2.24, 2.45) is 5.73 Å². The first-order valence-corrected chi connectivity index (χ1v) is 10.8. The van der Waals surface area contributed by atoms with Crippen LogP contribution < -0.4 is 5.73 Å². The number of aliphatic hydroxyl groups excluding tert-OH is 1. The highest BCUT2D eigenvalue weighted by Gasteiger charge is 2.36. The van der Waals surface area contributed by atoms with E-state index in [9.17, 15) is 5.11 Å². The van der Waals surface area contributed by atoms with Gasteiger partial charge in [0.15, 0.2) is 0 Å². The number of aliphatic hydroxyl groups is 1. The van der Waals surface area contributed by atoms with Gasteiger partial charge in [0.05, 0.1) is 19.3 Å². The van der Waals surface area contributed by atoms with E-state index >= 15 is 0 Å². The van der Waals surface area contributed by atoms with Gasteiger partial charge in [0.25, 0.3) is 0 Å². The largest absolute Gasteiger partial charge is 0.394 e.